The number of carbonyl (C=O) groups is 1. The zero-order valence-electron chi connectivity index (χ0n) is 18.1. The summed E-state index contributed by atoms with van der Waals surface area (Å²) in [5.74, 6) is -0.724. The van der Waals surface area contributed by atoms with Gasteiger partial charge < -0.3 is 10.1 Å². The van der Waals surface area contributed by atoms with Crippen LogP contribution in [0.1, 0.15) is 31.2 Å². The average molecular weight is 505 g/mol. The molecule has 34 heavy (non-hydrogen) atoms. The molecule has 11 heteroatoms. The van der Waals surface area contributed by atoms with Gasteiger partial charge in [-0.3, -0.25) is 14.2 Å². The van der Waals surface area contributed by atoms with Gasteiger partial charge in [0, 0.05) is 23.5 Å². The van der Waals surface area contributed by atoms with Crippen molar-refractivity contribution in [2.75, 3.05) is 16.6 Å². The summed E-state index contributed by atoms with van der Waals surface area (Å²) in [4.78, 5) is 12.5. The minimum absolute atomic E-state index is 0.0922. The second-order valence-corrected chi connectivity index (χ2v) is 10.5. The number of halogens is 2. The second-order valence-electron chi connectivity index (χ2n) is 8.44. The van der Waals surface area contributed by atoms with Crippen LogP contribution in [0.25, 0.3) is 0 Å². The van der Waals surface area contributed by atoms with E-state index in [1.807, 2.05) is 0 Å². The van der Waals surface area contributed by atoms with Crippen LogP contribution in [0.4, 0.5) is 15.8 Å². The lowest BCUT2D eigenvalue weighted by atomic mass is 9.80. The highest BCUT2D eigenvalue weighted by Gasteiger charge is 2.49. The summed E-state index contributed by atoms with van der Waals surface area (Å²) in [6.45, 7) is 0.714. The fourth-order valence-corrected chi connectivity index (χ4v) is 5.97. The molecule has 3 aromatic rings. The molecule has 0 unspecified atom stereocenters. The highest BCUT2D eigenvalue weighted by Crippen LogP contribution is 2.52. The summed E-state index contributed by atoms with van der Waals surface area (Å²) in [6.07, 6.45) is 6.59. The lowest BCUT2D eigenvalue weighted by Crippen LogP contribution is -2.31. The smallest absolute Gasteiger partial charge is 0.264 e. The summed E-state index contributed by atoms with van der Waals surface area (Å²) < 4.78 is 50.4. The van der Waals surface area contributed by atoms with Crippen molar-refractivity contribution in [3.05, 3.63) is 65.2 Å². The number of aromatic nitrogens is 2. The summed E-state index contributed by atoms with van der Waals surface area (Å²) >= 11 is 5.76. The van der Waals surface area contributed by atoms with Crippen molar-refractivity contribution < 1.29 is 22.3 Å². The minimum Gasteiger partial charge on any atom is -0.489 e. The van der Waals surface area contributed by atoms with Crippen molar-refractivity contribution in [3.63, 3.8) is 0 Å². The molecule has 0 saturated heterocycles. The summed E-state index contributed by atoms with van der Waals surface area (Å²) in [5, 5.41) is 7.17. The van der Waals surface area contributed by atoms with E-state index in [0.29, 0.717) is 36.4 Å². The molecule has 1 spiro atoms. The molecule has 5 rings (SSSR count). The van der Waals surface area contributed by atoms with Gasteiger partial charge in [0.05, 0.1) is 23.3 Å². The number of sulfonamides is 1. The van der Waals surface area contributed by atoms with E-state index >= 15 is 0 Å². The van der Waals surface area contributed by atoms with E-state index in [1.165, 1.54) is 12.1 Å². The molecule has 2 heterocycles. The van der Waals surface area contributed by atoms with E-state index in [1.54, 1.807) is 29.2 Å². The van der Waals surface area contributed by atoms with Gasteiger partial charge in [-0.2, -0.15) is 5.10 Å². The van der Waals surface area contributed by atoms with Crippen LogP contribution in [0.5, 0.6) is 5.75 Å². The van der Waals surface area contributed by atoms with Gasteiger partial charge in [-0.25, -0.2) is 12.8 Å². The molecule has 1 aliphatic heterocycles. The summed E-state index contributed by atoms with van der Waals surface area (Å²) in [5.41, 5.74) is 0.710. The first-order valence-corrected chi connectivity index (χ1v) is 12.7. The number of nitrogens with one attached hydrogen (secondary N) is 2. The minimum atomic E-state index is -4.26. The topological polar surface area (TPSA) is 102 Å². The summed E-state index contributed by atoms with van der Waals surface area (Å²) in [7, 11) is -4.26. The SMILES string of the molecule is O=C1Nc2c(OCCn3cccn3)cc(NS(=O)(=O)c3ccc(Cl)cc3F)cc2C12CCCC2. The first kappa shape index (κ1) is 22.7. The Labute approximate surface area is 201 Å². The van der Waals surface area contributed by atoms with E-state index in [-0.39, 0.29) is 23.2 Å². The largest absolute Gasteiger partial charge is 0.489 e. The third-order valence-electron chi connectivity index (χ3n) is 6.32. The van der Waals surface area contributed by atoms with E-state index in [9.17, 15) is 17.6 Å². The van der Waals surface area contributed by atoms with Crippen molar-refractivity contribution >= 4 is 38.9 Å². The Balaban J connectivity index is 1.51. The first-order chi connectivity index (χ1) is 16.3. The van der Waals surface area contributed by atoms with Gasteiger partial charge in [-0.05, 0) is 48.7 Å². The molecule has 1 aliphatic carbocycles. The van der Waals surface area contributed by atoms with Crippen LogP contribution < -0.4 is 14.8 Å². The van der Waals surface area contributed by atoms with Crippen molar-refractivity contribution in [3.8, 4) is 5.75 Å². The Kier molecular flexibility index (Phi) is 5.73. The maximum atomic E-state index is 14.3. The molecule has 0 bridgehead atoms. The van der Waals surface area contributed by atoms with Crippen molar-refractivity contribution in [1.82, 2.24) is 9.78 Å². The van der Waals surface area contributed by atoms with Gasteiger partial charge >= 0.3 is 0 Å². The molecule has 2 aliphatic rings. The van der Waals surface area contributed by atoms with Crippen LogP contribution in [0, 0.1) is 5.82 Å². The number of benzene rings is 2. The highest BCUT2D eigenvalue weighted by molar-refractivity contribution is 7.92. The van der Waals surface area contributed by atoms with E-state index in [2.05, 4.69) is 15.1 Å². The quantitative estimate of drug-likeness (QED) is 0.499. The molecular weight excluding hydrogens is 483 g/mol. The third-order valence-corrected chi connectivity index (χ3v) is 7.97. The number of nitrogens with zero attached hydrogens (tertiary/aromatic N) is 2. The van der Waals surface area contributed by atoms with Crippen LogP contribution in [-0.2, 0) is 26.8 Å². The fraction of sp³-hybridized carbons (Fsp3) is 0.304. The Morgan fingerprint density at radius 1 is 1.24 bits per heavy atom. The van der Waals surface area contributed by atoms with E-state index in [4.69, 9.17) is 16.3 Å². The number of anilines is 2. The number of carbonyl (C=O) groups excluding carboxylic acids is 1. The molecule has 8 nitrogen and oxygen atoms in total. The Bertz CT molecular complexity index is 1360. The lowest BCUT2D eigenvalue weighted by molar-refractivity contribution is -0.120. The molecular formula is C23H22ClFN4O4S. The second kappa shape index (κ2) is 8.59. The lowest BCUT2D eigenvalue weighted by Gasteiger charge is -2.22. The van der Waals surface area contributed by atoms with Crippen molar-refractivity contribution in [2.24, 2.45) is 0 Å². The van der Waals surface area contributed by atoms with Gasteiger partial charge in [0.2, 0.25) is 5.91 Å². The van der Waals surface area contributed by atoms with E-state index < -0.39 is 26.2 Å². The molecule has 2 N–H and O–H groups in total. The summed E-state index contributed by atoms with van der Waals surface area (Å²) in [6, 6.07) is 8.30. The van der Waals surface area contributed by atoms with Crippen LogP contribution in [0.3, 0.4) is 0 Å². The van der Waals surface area contributed by atoms with Crippen LogP contribution in [0.2, 0.25) is 5.02 Å². The maximum Gasteiger partial charge on any atom is 0.264 e. The molecule has 1 aromatic heterocycles. The highest BCUT2D eigenvalue weighted by atomic mass is 35.5. The Morgan fingerprint density at radius 3 is 2.74 bits per heavy atom. The molecule has 1 saturated carbocycles. The van der Waals surface area contributed by atoms with E-state index in [0.717, 1.165) is 25.0 Å². The molecule has 2 aromatic carbocycles. The zero-order chi connectivity index (χ0) is 23.9. The Hall–Kier alpha value is -3.11. The number of rotatable bonds is 7. The standard InChI is InChI=1S/C23H22ClFN4O4S/c24-15-4-5-20(18(25)12-15)34(31,32)28-16-13-17-21(27-22(30)23(17)6-1-2-7-23)19(14-16)33-11-10-29-9-3-8-26-29/h3-5,8-9,12-14,28H,1-2,6-7,10-11H2,(H,27,30). The monoisotopic (exact) mass is 504 g/mol. The van der Waals surface area contributed by atoms with Gasteiger partial charge in [-0.1, -0.05) is 24.4 Å². The third kappa shape index (κ3) is 4.01. The number of ether oxygens (including phenoxy) is 1. The number of fused-ring (bicyclic) bond motifs is 2. The predicted octanol–water partition coefficient (Wildman–Crippen LogP) is 4.32. The van der Waals surface area contributed by atoms with Crippen molar-refractivity contribution in [1.29, 1.82) is 0 Å². The molecule has 0 atom stereocenters. The van der Waals surface area contributed by atoms with Crippen LogP contribution in [-0.4, -0.2) is 30.7 Å². The van der Waals surface area contributed by atoms with Crippen LogP contribution >= 0.6 is 11.6 Å². The predicted molar refractivity (Wildman–Crippen MR) is 125 cm³/mol. The Morgan fingerprint density at radius 2 is 2.03 bits per heavy atom. The normalized spacial score (nSPS) is 16.5. The molecule has 0 radical (unpaired) electrons. The zero-order valence-corrected chi connectivity index (χ0v) is 19.6. The number of hydrogen-bond donors (Lipinski definition) is 2. The molecule has 178 valence electrons. The molecule has 1 fully saturated rings. The number of amides is 1. The van der Waals surface area contributed by atoms with Gasteiger partial charge in [0.1, 0.15) is 23.1 Å². The van der Waals surface area contributed by atoms with Gasteiger partial charge in [0.25, 0.3) is 10.0 Å². The molecule has 1 amide bonds. The first-order valence-electron chi connectivity index (χ1n) is 10.9. The fourth-order valence-electron chi connectivity index (χ4n) is 4.71. The number of hydrogen-bond acceptors (Lipinski definition) is 5. The average Bonchev–Trinajstić information content (AvgIpc) is 3.51. The van der Waals surface area contributed by atoms with Crippen molar-refractivity contribution in [2.45, 2.75) is 42.5 Å². The van der Waals surface area contributed by atoms with Crippen LogP contribution in [0.15, 0.2) is 53.7 Å². The maximum absolute atomic E-state index is 14.3. The van der Waals surface area contributed by atoms with Gasteiger partial charge in [-0.15, -0.1) is 0 Å². The van der Waals surface area contributed by atoms with Gasteiger partial charge in [0.15, 0.2) is 0 Å².